The van der Waals surface area contributed by atoms with Crippen LogP contribution in [0.3, 0.4) is 0 Å². The first kappa shape index (κ1) is 16.0. The van der Waals surface area contributed by atoms with Crippen LogP contribution >= 0.6 is 12.2 Å². The SMILES string of the molecule is S=C(Nc1ccc(-c2ncnc3[nH]ccc23)cc1)NC1CCCCC1. The Balaban J connectivity index is 1.45. The average molecular weight is 351 g/mol. The van der Waals surface area contributed by atoms with Crippen molar-refractivity contribution in [3.05, 3.63) is 42.9 Å². The summed E-state index contributed by atoms with van der Waals surface area (Å²) in [5.74, 6) is 0. The van der Waals surface area contributed by atoms with Gasteiger partial charge in [0.15, 0.2) is 5.11 Å². The summed E-state index contributed by atoms with van der Waals surface area (Å²) in [5, 5.41) is 8.44. The van der Waals surface area contributed by atoms with Gasteiger partial charge in [-0.15, -0.1) is 0 Å². The Morgan fingerprint density at radius 3 is 2.64 bits per heavy atom. The maximum absolute atomic E-state index is 5.45. The molecule has 25 heavy (non-hydrogen) atoms. The van der Waals surface area contributed by atoms with Crippen LogP contribution in [0.25, 0.3) is 22.3 Å². The van der Waals surface area contributed by atoms with Gasteiger partial charge in [-0.25, -0.2) is 9.97 Å². The average Bonchev–Trinajstić information content (AvgIpc) is 3.12. The first-order chi connectivity index (χ1) is 12.3. The molecule has 0 spiro atoms. The monoisotopic (exact) mass is 351 g/mol. The van der Waals surface area contributed by atoms with Crippen molar-refractivity contribution in [1.82, 2.24) is 20.3 Å². The summed E-state index contributed by atoms with van der Waals surface area (Å²) in [6, 6.07) is 10.7. The Labute approximate surface area is 152 Å². The fraction of sp³-hybridized carbons (Fsp3) is 0.316. The number of nitrogens with zero attached hydrogens (tertiary/aromatic N) is 2. The number of anilines is 1. The zero-order valence-corrected chi connectivity index (χ0v) is 14.8. The standard InChI is InChI=1S/C19H21N5S/c25-19(23-14-4-2-1-3-5-14)24-15-8-6-13(7-9-15)17-16-10-11-20-18(16)22-12-21-17/h6-12,14H,1-5H2,(H,20,21,22)(H2,23,24,25). The minimum Gasteiger partial charge on any atom is -0.360 e. The molecule has 0 atom stereocenters. The number of aromatic nitrogens is 3. The second-order valence-electron chi connectivity index (χ2n) is 6.47. The van der Waals surface area contributed by atoms with Crippen molar-refractivity contribution in [2.24, 2.45) is 0 Å². The molecule has 1 aromatic carbocycles. The lowest BCUT2D eigenvalue weighted by Gasteiger charge is -2.24. The molecule has 0 radical (unpaired) electrons. The molecule has 1 saturated carbocycles. The van der Waals surface area contributed by atoms with Crippen molar-refractivity contribution < 1.29 is 0 Å². The van der Waals surface area contributed by atoms with Crippen LogP contribution in [0.2, 0.25) is 0 Å². The molecule has 5 nitrogen and oxygen atoms in total. The molecule has 1 aliphatic carbocycles. The van der Waals surface area contributed by atoms with Gasteiger partial charge in [-0.1, -0.05) is 31.4 Å². The second kappa shape index (κ2) is 7.19. The van der Waals surface area contributed by atoms with E-state index in [0.29, 0.717) is 11.2 Å². The van der Waals surface area contributed by atoms with Crippen molar-refractivity contribution >= 4 is 34.1 Å². The minimum absolute atomic E-state index is 0.510. The van der Waals surface area contributed by atoms with Gasteiger partial charge in [0.2, 0.25) is 0 Å². The highest BCUT2D eigenvalue weighted by Crippen LogP contribution is 2.25. The van der Waals surface area contributed by atoms with Crippen LogP contribution in [0.5, 0.6) is 0 Å². The zero-order chi connectivity index (χ0) is 17.1. The van der Waals surface area contributed by atoms with Crippen molar-refractivity contribution in [1.29, 1.82) is 0 Å². The number of thiocarbonyl (C=S) groups is 1. The third kappa shape index (κ3) is 3.64. The number of nitrogens with one attached hydrogen (secondary N) is 3. The lowest BCUT2D eigenvalue weighted by Crippen LogP contribution is -2.38. The van der Waals surface area contributed by atoms with Crippen molar-refractivity contribution in [2.45, 2.75) is 38.1 Å². The second-order valence-corrected chi connectivity index (χ2v) is 6.88. The van der Waals surface area contributed by atoms with Crippen molar-refractivity contribution in [2.75, 3.05) is 5.32 Å². The van der Waals surface area contributed by atoms with E-state index in [1.54, 1.807) is 6.33 Å². The highest BCUT2D eigenvalue weighted by Gasteiger charge is 2.14. The van der Waals surface area contributed by atoms with Gasteiger partial charge in [0.1, 0.15) is 12.0 Å². The molecular weight excluding hydrogens is 330 g/mol. The molecule has 3 N–H and O–H groups in total. The molecule has 2 heterocycles. The Bertz CT molecular complexity index is 865. The molecule has 6 heteroatoms. The van der Waals surface area contributed by atoms with Crippen LogP contribution in [0.4, 0.5) is 5.69 Å². The molecule has 1 fully saturated rings. The highest BCUT2D eigenvalue weighted by molar-refractivity contribution is 7.80. The number of H-pyrrole nitrogens is 1. The molecule has 0 saturated heterocycles. The van der Waals surface area contributed by atoms with E-state index >= 15 is 0 Å². The summed E-state index contributed by atoms with van der Waals surface area (Å²) < 4.78 is 0. The van der Waals surface area contributed by atoms with Gasteiger partial charge < -0.3 is 15.6 Å². The minimum atomic E-state index is 0.510. The molecule has 0 unspecified atom stereocenters. The normalized spacial score (nSPS) is 15.2. The van der Waals surface area contributed by atoms with E-state index in [2.05, 4.69) is 37.7 Å². The van der Waals surface area contributed by atoms with Crippen LogP contribution in [0, 0.1) is 0 Å². The topological polar surface area (TPSA) is 65.6 Å². The third-order valence-electron chi connectivity index (χ3n) is 4.71. The molecular formula is C19H21N5S. The van der Waals surface area contributed by atoms with Gasteiger partial charge in [0, 0.05) is 28.9 Å². The van der Waals surface area contributed by atoms with Gasteiger partial charge in [-0.2, -0.15) is 0 Å². The lowest BCUT2D eigenvalue weighted by molar-refractivity contribution is 0.415. The lowest BCUT2D eigenvalue weighted by atomic mass is 9.96. The van der Waals surface area contributed by atoms with Crippen LogP contribution in [-0.2, 0) is 0 Å². The molecule has 1 aliphatic rings. The smallest absolute Gasteiger partial charge is 0.170 e. The number of aromatic amines is 1. The van der Waals surface area contributed by atoms with Crippen LogP contribution in [0.1, 0.15) is 32.1 Å². The van der Waals surface area contributed by atoms with Crippen molar-refractivity contribution in [3.63, 3.8) is 0 Å². The first-order valence-corrected chi connectivity index (χ1v) is 9.16. The molecule has 0 aliphatic heterocycles. The van der Waals surface area contributed by atoms with E-state index in [9.17, 15) is 0 Å². The Morgan fingerprint density at radius 2 is 1.84 bits per heavy atom. The summed E-state index contributed by atoms with van der Waals surface area (Å²) in [7, 11) is 0. The van der Waals surface area contributed by atoms with E-state index in [1.807, 2.05) is 24.4 Å². The van der Waals surface area contributed by atoms with Gasteiger partial charge in [-0.05, 0) is 43.3 Å². The van der Waals surface area contributed by atoms with Gasteiger partial charge >= 0.3 is 0 Å². The maximum atomic E-state index is 5.45. The van der Waals surface area contributed by atoms with E-state index in [-0.39, 0.29) is 0 Å². The highest BCUT2D eigenvalue weighted by atomic mass is 32.1. The van der Waals surface area contributed by atoms with Gasteiger partial charge in [-0.3, -0.25) is 0 Å². The van der Waals surface area contributed by atoms with E-state index in [4.69, 9.17) is 12.2 Å². The van der Waals surface area contributed by atoms with Crippen LogP contribution in [-0.4, -0.2) is 26.1 Å². The Morgan fingerprint density at radius 1 is 1.04 bits per heavy atom. The molecule has 2 aromatic heterocycles. The fourth-order valence-corrected chi connectivity index (χ4v) is 3.70. The summed E-state index contributed by atoms with van der Waals surface area (Å²) in [4.78, 5) is 11.8. The van der Waals surface area contributed by atoms with E-state index in [1.165, 1.54) is 32.1 Å². The zero-order valence-electron chi connectivity index (χ0n) is 14.0. The van der Waals surface area contributed by atoms with E-state index < -0.39 is 0 Å². The summed E-state index contributed by atoms with van der Waals surface area (Å²) in [6.07, 6.45) is 9.82. The van der Waals surface area contributed by atoms with Crippen LogP contribution in [0.15, 0.2) is 42.9 Å². The predicted molar refractivity (Wildman–Crippen MR) is 106 cm³/mol. The number of fused-ring (bicyclic) bond motifs is 1. The number of benzene rings is 1. The first-order valence-electron chi connectivity index (χ1n) is 8.75. The van der Waals surface area contributed by atoms with Crippen LogP contribution < -0.4 is 10.6 Å². The summed E-state index contributed by atoms with van der Waals surface area (Å²) in [5.41, 5.74) is 3.82. The molecule has 0 amide bonds. The maximum Gasteiger partial charge on any atom is 0.170 e. The molecule has 0 bridgehead atoms. The third-order valence-corrected chi connectivity index (χ3v) is 4.93. The van der Waals surface area contributed by atoms with Crippen molar-refractivity contribution in [3.8, 4) is 11.3 Å². The van der Waals surface area contributed by atoms with Gasteiger partial charge in [0.25, 0.3) is 0 Å². The quantitative estimate of drug-likeness (QED) is 0.616. The summed E-state index contributed by atoms with van der Waals surface area (Å²) in [6.45, 7) is 0. The Kier molecular flexibility index (Phi) is 4.61. The number of hydrogen-bond donors (Lipinski definition) is 3. The molecule has 4 rings (SSSR count). The number of rotatable bonds is 3. The Hall–Kier alpha value is -2.47. The molecule has 128 valence electrons. The largest absolute Gasteiger partial charge is 0.360 e. The van der Waals surface area contributed by atoms with E-state index in [0.717, 1.165) is 28.0 Å². The number of hydrogen-bond acceptors (Lipinski definition) is 3. The summed E-state index contributed by atoms with van der Waals surface area (Å²) >= 11 is 5.45. The fourth-order valence-electron chi connectivity index (χ4n) is 3.41. The molecule has 3 aromatic rings. The predicted octanol–water partition coefficient (Wildman–Crippen LogP) is 4.24. The van der Waals surface area contributed by atoms with Gasteiger partial charge in [0.05, 0.1) is 5.69 Å².